The quantitative estimate of drug-likeness (QED) is 0.459. The number of rotatable bonds is 3. The number of alkyl halides is 2. The third-order valence-electron chi connectivity index (χ3n) is 5.97. The van der Waals surface area contributed by atoms with Gasteiger partial charge in [-0.05, 0) is 93.4 Å². The van der Waals surface area contributed by atoms with Gasteiger partial charge in [0.25, 0.3) is 0 Å². The summed E-state index contributed by atoms with van der Waals surface area (Å²) < 4.78 is 0. The van der Waals surface area contributed by atoms with Crippen molar-refractivity contribution in [3.63, 3.8) is 0 Å². The van der Waals surface area contributed by atoms with Crippen LogP contribution in [0.4, 0.5) is 0 Å². The van der Waals surface area contributed by atoms with Gasteiger partial charge in [0.1, 0.15) is 0 Å². The largest absolute Gasteiger partial charge is 0.397 e. The first-order valence-electron chi connectivity index (χ1n) is 9.84. The molecule has 4 aliphatic carbocycles. The minimum absolute atomic E-state index is 0. The summed E-state index contributed by atoms with van der Waals surface area (Å²) in [7, 11) is 0. The van der Waals surface area contributed by atoms with Crippen molar-refractivity contribution in [2.45, 2.75) is 80.9 Å². The van der Waals surface area contributed by atoms with Crippen molar-refractivity contribution >= 4 is 23.2 Å². The van der Waals surface area contributed by atoms with Crippen LogP contribution in [0, 0.1) is 0 Å². The van der Waals surface area contributed by atoms with Crippen LogP contribution in [0.15, 0.2) is 46.6 Å². The van der Waals surface area contributed by atoms with Crippen molar-refractivity contribution < 1.29 is 31.3 Å². The van der Waals surface area contributed by atoms with E-state index in [-0.39, 0.29) is 42.6 Å². The van der Waals surface area contributed by atoms with Gasteiger partial charge < -0.3 is 5.11 Å². The summed E-state index contributed by atoms with van der Waals surface area (Å²) in [6.45, 7) is 1.93. The van der Waals surface area contributed by atoms with Gasteiger partial charge >= 0.3 is 0 Å². The molecular weight excluding hydrogens is 442 g/mol. The molecule has 142 valence electrons. The zero-order valence-electron chi connectivity index (χ0n) is 15.8. The zero-order valence-corrected chi connectivity index (χ0v) is 19.8. The zero-order chi connectivity index (χ0) is 17.9. The van der Waals surface area contributed by atoms with Crippen molar-refractivity contribution in [1.82, 2.24) is 0 Å². The van der Waals surface area contributed by atoms with Crippen LogP contribution in [0.2, 0.25) is 0 Å². The fourth-order valence-corrected chi connectivity index (χ4v) is 5.42. The maximum Gasteiger partial charge on any atom is 0.0844 e. The summed E-state index contributed by atoms with van der Waals surface area (Å²) in [5.74, 6) is 0. The molecule has 0 saturated carbocycles. The Morgan fingerprint density at radius 2 is 1.15 bits per heavy atom. The van der Waals surface area contributed by atoms with Gasteiger partial charge in [-0.1, -0.05) is 24.3 Å². The Morgan fingerprint density at radius 1 is 0.808 bits per heavy atom. The van der Waals surface area contributed by atoms with E-state index in [9.17, 15) is 0 Å². The Labute approximate surface area is 187 Å². The summed E-state index contributed by atoms with van der Waals surface area (Å²) in [4.78, 5) is -0.521. The molecule has 0 spiro atoms. The number of aliphatic hydroxyl groups is 1. The number of aliphatic hydroxyl groups excluding tert-OH is 1. The Hall–Kier alpha value is 0.383. The van der Waals surface area contributed by atoms with Crippen molar-refractivity contribution in [2.75, 3.05) is 6.61 Å². The van der Waals surface area contributed by atoms with E-state index in [1.165, 1.54) is 73.7 Å². The molecule has 2 atom stereocenters. The minimum atomic E-state index is -0.260. The molecule has 0 amide bonds. The van der Waals surface area contributed by atoms with Crippen LogP contribution < -0.4 is 0 Å². The number of allylic oxidation sites excluding steroid dienone is 8. The van der Waals surface area contributed by atoms with Gasteiger partial charge in [0, 0.05) is 32.8 Å². The van der Waals surface area contributed by atoms with E-state index in [2.05, 4.69) is 24.3 Å². The molecule has 0 saturated heterocycles. The van der Waals surface area contributed by atoms with Crippen LogP contribution in [-0.2, 0) is 26.2 Å². The van der Waals surface area contributed by atoms with Gasteiger partial charge in [-0.3, -0.25) is 0 Å². The molecular formula is C22H30Cl2OZr. The Bertz CT molecular complexity index is 580. The van der Waals surface area contributed by atoms with Gasteiger partial charge in [0.15, 0.2) is 0 Å². The fraction of sp³-hybridized carbons (Fsp3) is 0.636. The first kappa shape index (κ1) is 22.7. The molecule has 0 heterocycles. The number of hydrogen-bond acceptors (Lipinski definition) is 1. The third-order valence-corrected chi connectivity index (χ3v) is 7.06. The molecule has 26 heavy (non-hydrogen) atoms. The maximum absolute atomic E-state index is 7.57. The Morgan fingerprint density at radius 3 is 1.54 bits per heavy atom. The summed E-state index contributed by atoms with van der Waals surface area (Å²) in [5, 5.41) is 7.57. The number of halogens is 2. The van der Waals surface area contributed by atoms with Gasteiger partial charge in [-0.15, -0.1) is 23.2 Å². The maximum atomic E-state index is 7.57. The van der Waals surface area contributed by atoms with E-state index in [0.717, 1.165) is 12.8 Å². The molecule has 0 bridgehead atoms. The van der Waals surface area contributed by atoms with Crippen molar-refractivity contribution in [2.24, 2.45) is 0 Å². The van der Waals surface area contributed by atoms with Gasteiger partial charge in [-0.25, -0.2) is 0 Å². The first-order valence-corrected chi connectivity index (χ1v) is 10.6. The summed E-state index contributed by atoms with van der Waals surface area (Å²) in [5.41, 5.74) is 5.98. The van der Waals surface area contributed by atoms with Crippen molar-refractivity contribution in [3.05, 3.63) is 46.6 Å². The normalized spacial score (nSPS) is 32.0. The van der Waals surface area contributed by atoms with Gasteiger partial charge in [0.2, 0.25) is 0 Å². The van der Waals surface area contributed by atoms with Crippen molar-refractivity contribution in [1.29, 1.82) is 0 Å². The molecule has 1 N–H and O–H groups in total. The van der Waals surface area contributed by atoms with E-state index >= 15 is 0 Å². The van der Waals surface area contributed by atoms with Crippen LogP contribution in [0.5, 0.6) is 0 Å². The first-order chi connectivity index (χ1) is 12.0. The van der Waals surface area contributed by atoms with Crippen LogP contribution >= 0.6 is 23.2 Å². The molecule has 4 aliphatic rings. The topological polar surface area (TPSA) is 20.2 Å². The van der Waals surface area contributed by atoms with E-state index < -0.39 is 0 Å². The standard InChI is InChI=1S/C20H24Cl2.C2H6O.Zr/c21-19(11-9-15-5-1-3-7-17(15)19)13-14-20(22)12-10-16-6-2-4-8-18(16)20;1-2-3;/h9-12H,1-8,13-14H2;3H,2H2,1H3;. The average molecular weight is 473 g/mol. The molecule has 4 heteroatoms. The van der Waals surface area contributed by atoms with E-state index in [4.69, 9.17) is 28.3 Å². The molecule has 4 rings (SSSR count). The molecule has 0 aliphatic heterocycles. The van der Waals surface area contributed by atoms with Crippen LogP contribution in [0.3, 0.4) is 0 Å². The van der Waals surface area contributed by atoms with Crippen LogP contribution in [0.25, 0.3) is 0 Å². The second-order valence-electron chi connectivity index (χ2n) is 7.63. The summed E-state index contributed by atoms with van der Waals surface area (Å²) >= 11 is 14.0. The molecule has 0 radical (unpaired) electrons. The van der Waals surface area contributed by atoms with Gasteiger partial charge in [-0.2, -0.15) is 0 Å². The van der Waals surface area contributed by atoms with Crippen molar-refractivity contribution in [3.8, 4) is 0 Å². The third kappa shape index (κ3) is 4.68. The molecule has 0 aromatic rings. The van der Waals surface area contributed by atoms with E-state index in [1.807, 2.05) is 0 Å². The molecule has 0 fully saturated rings. The molecule has 0 aromatic heterocycles. The molecule has 0 aromatic carbocycles. The summed E-state index contributed by atoms with van der Waals surface area (Å²) in [6, 6.07) is 0. The average Bonchev–Trinajstić information content (AvgIpc) is 3.14. The van der Waals surface area contributed by atoms with E-state index in [1.54, 1.807) is 6.92 Å². The molecule has 2 unspecified atom stereocenters. The second kappa shape index (κ2) is 9.73. The SMILES string of the molecule is CCO.ClC1(CCC2(Cl)C=CC3=C2CCCC3)C=CC2=C1CCCC2.[Zr]. The van der Waals surface area contributed by atoms with E-state index in [0.29, 0.717) is 0 Å². The Kier molecular flexibility index (Phi) is 8.48. The minimum Gasteiger partial charge on any atom is -0.397 e. The second-order valence-corrected chi connectivity index (χ2v) is 8.98. The van der Waals surface area contributed by atoms with Crippen LogP contribution in [-0.4, -0.2) is 21.5 Å². The predicted molar refractivity (Wildman–Crippen MR) is 108 cm³/mol. The predicted octanol–water partition coefficient (Wildman–Crippen LogP) is 6.60. The fourth-order valence-electron chi connectivity index (χ4n) is 4.67. The number of hydrogen-bond donors (Lipinski definition) is 1. The van der Waals surface area contributed by atoms with Gasteiger partial charge in [0.05, 0.1) is 9.75 Å². The summed E-state index contributed by atoms with van der Waals surface area (Å²) in [6.07, 6.45) is 20.9. The van der Waals surface area contributed by atoms with Crippen LogP contribution in [0.1, 0.15) is 71.1 Å². The smallest absolute Gasteiger partial charge is 0.0844 e. The Balaban J connectivity index is 0.000000570. The molecule has 1 nitrogen and oxygen atoms in total. The monoisotopic (exact) mass is 470 g/mol.